The lowest BCUT2D eigenvalue weighted by Gasteiger charge is -1.94. The fourth-order valence-electron chi connectivity index (χ4n) is 1.23. The molecule has 0 aliphatic rings. The van der Waals surface area contributed by atoms with Gasteiger partial charge in [0.05, 0.1) is 15.4 Å². The predicted molar refractivity (Wildman–Crippen MR) is 182 cm³/mol. The summed E-state index contributed by atoms with van der Waals surface area (Å²) in [6, 6.07) is 0. The molecule has 238 valence electrons. The van der Waals surface area contributed by atoms with Crippen LogP contribution in [0.15, 0.2) is 4.99 Å². The number of halogens is 1. The standard InChI is InChI=1S/C6H11N3.C5H11NS.C4H10O.C3H7NS.C2H5BrN2O.C2H6O.C2H6.CH5N/c1-4-6-8-7-5(2)9(6)3;1-4-7-5(2)6-3;1-2-3-4-5;1-3(5)4-2;3-1-2(6)5-4;1-2-3;2*1-2/h4H2,1-3H3;4H2,1-3H3;5H,2-4H2,1H3;1-2H3,(H,4,5);1,4H2,(H,5,6);3H,2H2,1H3;1-2H3;2H2,1H3. The summed E-state index contributed by atoms with van der Waals surface area (Å²) < 4.78 is 2.00. The van der Waals surface area contributed by atoms with Crippen molar-refractivity contribution in [3.63, 3.8) is 0 Å². The molecule has 14 heteroatoms. The number of nitrogens with zero attached hydrogens (tertiary/aromatic N) is 4. The van der Waals surface area contributed by atoms with E-state index < -0.39 is 0 Å². The van der Waals surface area contributed by atoms with E-state index in [0.717, 1.165) is 41.7 Å². The number of carbonyl (C=O) groups is 1. The number of rotatable bonds is 5. The van der Waals surface area contributed by atoms with Gasteiger partial charge in [-0.1, -0.05) is 69.2 Å². The van der Waals surface area contributed by atoms with E-state index in [4.69, 9.17) is 10.2 Å². The van der Waals surface area contributed by atoms with Crippen molar-refractivity contribution in [2.45, 2.75) is 81.6 Å². The predicted octanol–water partition coefficient (Wildman–Crippen LogP) is 3.78. The molecule has 0 spiro atoms. The summed E-state index contributed by atoms with van der Waals surface area (Å²) in [5.74, 6) is 7.60. The fourth-order valence-corrected chi connectivity index (χ4v) is 1.94. The number of nitrogens with one attached hydrogen (secondary N) is 2. The lowest BCUT2D eigenvalue weighted by atomic mass is 10.4. The first kappa shape index (κ1) is 54.0. The van der Waals surface area contributed by atoms with Crippen LogP contribution in [0.3, 0.4) is 0 Å². The van der Waals surface area contributed by atoms with Crippen molar-refractivity contribution in [2.75, 3.05) is 45.4 Å². The van der Waals surface area contributed by atoms with Crippen molar-refractivity contribution in [2.24, 2.45) is 23.6 Å². The molecule has 0 saturated carbocycles. The van der Waals surface area contributed by atoms with Gasteiger partial charge in [-0.25, -0.2) is 5.84 Å². The van der Waals surface area contributed by atoms with Crippen molar-refractivity contribution in [1.82, 2.24) is 25.5 Å². The van der Waals surface area contributed by atoms with Gasteiger partial charge in [-0.3, -0.25) is 15.2 Å². The molecule has 0 fully saturated rings. The second-order valence-corrected chi connectivity index (χ2v) is 8.78. The highest BCUT2D eigenvalue weighted by Crippen LogP contribution is 1.99. The summed E-state index contributed by atoms with van der Waals surface area (Å²) >= 11 is 9.25. The lowest BCUT2D eigenvalue weighted by molar-refractivity contribution is -0.118. The Morgan fingerprint density at radius 2 is 1.59 bits per heavy atom. The van der Waals surface area contributed by atoms with Crippen molar-refractivity contribution >= 4 is 55.8 Å². The van der Waals surface area contributed by atoms with Crippen LogP contribution in [0.1, 0.15) is 79.9 Å². The Bertz CT molecular complexity index is 616. The number of hydrazine groups is 1. The fraction of sp³-hybridized carbons (Fsp3) is 0.800. The van der Waals surface area contributed by atoms with Crippen LogP contribution in [0.4, 0.5) is 0 Å². The highest BCUT2D eigenvalue weighted by Gasteiger charge is 1.99. The molecule has 0 saturated heterocycles. The average Bonchev–Trinajstić information content (AvgIpc) is 3.29. The average molecular weight is 666 g/mol. The zero-order chi connectivity index (χ0) is 32.7. The van der Waals surface area contributed by atoms with Gasteiger partial charge in [0, 0.05) is 40.8 Å². The van der Waals surface area contributed by atoms with Crippen molar-refractivity contribution in [3.8, 4) is 0 Å². The molecule has 0 radical (unpaired) electrons. The van der Waals surface area contributed by atoms with E-state index in [9.17, 15) is 4.79 Å². The molecular formula is C25H61BrN8O3S2. The molecule has 0 aliphatic carbocycles. The maximum atomic E-state index is 9.90. The molecule has 0 atom stereocenters. The van der Waals surface area contributed by atoms with E-state index in [1.54, 1.807) is 18.7 Å². The number of aliphatic hydroxyl groups excluding tert-OH is 2. The lowest BCUT2D eigenvalue weighted by Crippen LogP contribution is -2.30. The molecular weight excluding hydrogens is 604 g/mol. The first-order valence-electron chi connectivity index (χ1n) is 12.9. The van der Waals surface area contributed by atoms with Crippen LogP contribution in [-0.4, -0.2) is 86.4 Å². The number of carbonyl (C=O) groups excluding carboxylic acids is 1. The number of aliphatic imine (C=N–C) groups is 1. The topological polar surface area (TPSA) is 177 Å². The quantitative estimate of drug-likeness (QED) is 0.0516. The van der Waals surface area contributed by atoms with Crippen molar-refractivity contribution in [1.29, 1.82) is 0 Å². The zero-order valence-corrected chi connectivity index (χ0v) is 30.1. The van der Waals surface area contributed by atoms with E-state index in [-0.39, 0.29) is 17.8 Å². The van der Waals surface area contributed by atoms with E-state index in [1.165, 1.54) is 12.1 Å². The summed E-state index contributed by atoms with van der Waals surface area (Å²) in [6.07, 6.45) is 2.99. The molecule has 0 unspecified atom stereocenters. The third-order valence-corrected chi connectivity index (χ3v) is 4.92. The van der Waals surface area contributed by atoms with E-state index in [2.05, 4.69) is 81.0 Å². The summed E-state index contributed by atoms with van der Waals surface area (Å²) in [5, 5.41) is 27.7. The molecule has 0 aliphatic heterocycles. The Morgan fingerprint density at radius 3 is 1.67 bits per heavy atom. The SMILES string of the molecule is CC.CCCCO.CCO.CCSC(C)=NC.CCc1nnc(C)n1C.CN.CNC(C)=S.NNC(=O)CBr. The van der Waals surface area contributed by atoms with Gasteiger partial charge in [0.15, 0.2) is 0 Å². The van der Waals surface area contributed by atoms with Gasteiger partial charge in [0.25, 0.3) is 0 Å². The summed E-state index contributed by atoms with van der Waals surface area (Å²) in [5.41, 5.74) is 6.43. The van der Waals surface area contributed by atoms with E-state index in [1.807, 2.05) is 65.8 Å². The molecule has 39 heavy (non-hydrogen) atoms. The van der Waals surface area contributed by atoms with Crippen molar-refractivity contribution < 1.29 is 15.0 Å². The molecule has 1 rings (SSSR count). The van der Waals surface area contributed by atoms with Gasteiger partial charge < -0.3 is 25.8 Å². The molecule has 1 heterocycles. The molecule has 1 amide bonds. The third kappa shape index (κ3) is 62.1. The molecule has 11 nitrogen and oxygen atoms in total. The van der Waals surface area contributed by atoms with Gasteiger partial charge in [0.1, 0.15) is 11.6 Å². The Hall–Kier alpha value is -1.16. The molecule has 0 bridgehead atoms. The number of aliphatic hydroxyl groups is 2. The molecule has 8 N–H and O–H groups in total. The maximum Gasteiger partial charge on any atom is 0.244 e. The zero-order valence-electron chi connectivity index (χ0n) is 26.9. The van der Waals surface area contributed by atoms with Gasteiger partial charge in [-0.2, -0.15) is 0 Å². The number of nitrogens with two attached hydrogens (primary N) is 2. The van der Waals surface area contributed by atoms with Crippen molar-refractivity contribution in [3.05, 3.63) is 11.6 Å². The minimum absolute atomic E-state index is 0.213. The number of alkyl halides is 1. The molecule has 1 aromatic heterocycles. The van der Waals surface area contributed by atoms with Crippen LogP contribution >= 0.6 is 39.9 Å². The van der Waals surface area contributed by atoms with E-state index in [0.29, 0.717) is 6.61 Å². The number of hydrogen-bond donors (Lipinski definition) is 6. The smallest absolute Gasteiger partial charge is 0.244 e. The van der Waals surface area contributed by atoms with Crippen LogP contribution in [0.25, 0.3) is 0 Å². The Morgan fingerprint density at radius 1 is 1.15 bits per heavy atom. The Balaban J connectivity index is -0.0000000630. The van der Waals surface area contributed by atoms with Crippen LogP contribution < -0.4 is 22.3 Å². The number of hydrogen-bond acceptors (Lipinski definition) is 10. The van der Waals surface area contributed by atoms with E-state index >= 15 is 0 Å². The summed E-state index contributed by atoms with van der Waals surface area (Å²) in [4.78, 5) is 14.7. The first-order chi connectivity index (χ1) is 18.5. The number of aromatic nitrogens is 3. The first-order valence-corrected chi connectivity index (χ1v) is 15.4. The van der Waals surface area contributed by atoms with Gasteiger partial charge in [-0.05, 0) is 46.9 Å². The van der Waals surface area contributed by atoms with Crippen LogP contribution in [0.2, 0.25) is 0 Å². The highest BCUT2D eigenvalue weighted by molar-refractivity contribution is 9.09. The van der Waals surface area contributed by atoms with Crippen LogP contribution in [0, 0.1) is 6.92 Å². The van der Waals surface area contributed by atoms with Gasteiger partial charge >= 0.3 is 0 Å². The second-order valence-electron chi connectivity index (χ2n) is 6.15. The largest absolute Gasteiger partial charge is 0.397 e. The Labute approximate surface area is 257 Å². The third-order valence-electron chi connectivity index (χ3n) is 3.31. The number of aryl methyl sites for hydroxylation is 2. The van der Waals surface area contributed by atoms with Crippen LogP contribution in [0.5, 0.6) is 0 Å². The summed E-state index contributed by atoms with van der Waals surface area (Å²) in [7, 11) is 7.11. The van der Waals surface area contributed by atoms with Crippen LogP contribution in [-0.2, 0) is 18.3 Å². The maximum absolute atomic E-state index is 9.90. The van der Waals surface area contributed by atoms with Gasteiger partial charge in [0.2, 0.25) is 5.91 Å². The molecule has 1 aromatic rings. The summed E-state index contributed by atoms with van der Waals surface area (Å²) in [6.45, 7) is 18.3. The normalized spacial score (nSPS) is 8.41. The highest BCUT2D eigenvalue weighted by atomic mass is 79.9. The number of thiocarbonyl (C=S) groups is 1. The minimum Gasteiger partial charge on any atom is -0.397 e. The Kier molecular flexibility index (Phi) is 73.6. The molecule has 0 aromatic carbocycles. The second kappa shape index (κ2) is 53.1. The number of thioether (sulfide) groups is 1. The number of amides is 1. The monoisotopic (exact) mass is 664 g/mol. The minimum atomic E-state index is -0.213. The number of unbranched alkanes of at least 4 members (excludes halogenated alkanes) is 1. The van der Waals surface area contributed by atoms with Gasteiger partial charge in [-0.15, -0.1) is 22.0 Å².